The molecule has 0 spiro atoms. The van der Waals surface area contributed by atoms with Crippen LogP contribution in [0.15, 0.2) is 18.3 Å². The van der Waals surface area contributed by atoms with Gasteiger partial charge in [0, 0.05) is 12.7 Å². The molecule has 0 aliphatic carbocycles. The first-order valence-electron chi connectivity index (χ1n) is 6.15. The number of aromatic nitrogens is 1. The van der Waals surface area contributed by atoms with Gasteiger partial charge in [0.05, 0.1) is 11.1 Å². The van der Waals surface area contributed by atoms with Crippen molar-refractivity contribution in [2.45, 2.75) is 32.2 Å². The first-order valence-corrected chi connectivity index (χ1v) is 6.15. The fourth-order valence-corrected chi connectivity index (χ4v) is 2.44. The summed E-state index contributed by atoms with van der Waals surface area (Å²) in [6.45, 7) is 4.14. The summed E-state index contributed by atoms with van der Waals surface area (Å²) in [5.74, 6) is -0.609. The quantitative estimate of drug-likeness (QED) is 0.811. The summed E-state index contributed by atoms with van der Waals surface area (Å²) in [6, 6.07) is 3.30. The molecule has 1 aromatic heterocycles. The van der Waals surface area contributed by atoms with Gasteiger partial charge < -0.3 is 5.73 Å². The summed E-state index contributed by atoms with van der Waals surface area (Å²) in [5.41, 5.74) is 5.81. The van der Waals surface area contributed by atoms with E-state index in [1.165, 1.54) is 11.1 Å². The maximum atomic E-state index is 12.3. The third kappa shape index (κ3) is 1.54. The van der Waals surface area contributed by atoms with E-state index in [2.05, 4.69) is 4.98 Å². The van der Waals surface area contributed by atoms with Crippen LogP contribution in [0, 0.1) is 0 Å². The normalized spacial score (nSPS) is 15.2. The molecule has 0 saturated carbocycles. The number of nitrogens with two attached hydrogens (primary N) is 1. The van der Waals surface area contributed by atoms with E-state index in [9.17, 15) is 9.59 Å². The zero-order valence-electron chi connectivity index (χ0n) is 10.6. The highest BCUT2D eigenvalue weighted by molar-refractivity contribution is 6.20. The third-order valence-electron chi connectivity index (χ3n) is 3.82. The molecule has 0 fully saturated rings. The number of amides is 2. The van der Waals surface area contributed by atoms with E-state index in [1.54, 1.807) is 12.1 Å². The highest BCUT2D eigenvalue weighted by atomic mass is 16.2. The second-order valence-corrected chi connectivity index (χ2v) is 4.48. The van der Waals surface area contributed by atoms with Gasteiger partial charge >= 0.3 is 0 Å². The lowest BCUT2D eigenvalue weighted by atomic mass is 9.90. The molecule has 0 aromatic carbocycles. The van der Waals surface area contributed by atoms with E-state index in [4.69, 9.17) is 5.73 Å². The maximum Gasteiger partial charge on any atom is 0.280 e. The van der Waals surface area contributed by atoms with Gasteiger partial charge in [-0.15, -0.1) is 0 Å². The summed E-state index contributed by atoms with van der Waals surface area (Å²) in [4.78, 5) is 30.0. The first-order chi connectivity index (χ1) is 8.61. The molecule has 0 bridgehead atoms. The van der Waals surface area contributed by atoms with Crippen molar-refractivity contribution in [3.8, 4) is 0 Å². The topological polar surface area (TPSA) is 76.3 Å². The van der Waals surface area contributed by atoms with Gasteiger partial charge in [-0.1, -0.05) is 13.8 Å². The summed E-state index contributed by atoms with van der Waals surface area (Å²) < 4.78 is 0. The highest BCUT2D eigenvalue weighted by Gasteiger charge is 2.47. The van der Waals surface area contributed by atoms with Crippen LogP contribution in [-0.4, -0.2) is 33.8 Å². The van der Waals surface area contributed by atoms with Gasteiger partial charge in [-0.05, 0) is 25.0 Å². The number of fused-ring (bicyclic) bond motifs is 1. The zero-order valence-corrected chi connectivity index (χ0v) is 10.6. The maximum absolute atomic E-state index is 12.3. The van der Waals surface area contributed by atoms with Gasteiger partial charge in [0.2, 0.25) is 0 Å². The lowest BCUT2D eigenvalue weighted by Crippen LogP contribution is -2.55. The summed E-state index contributed by atoms with van der Waals surface area (Å²) in [5, 5.41) is 0. The number of carbonyl (C=O) groups excluding carboxylic acids is 2. The molecule has 0 unspecified atom stereocenters. The van der Waals surface area contributed by atoms with Gasteiger partial charge in [-0.2, -0.15) is 0 Å². The molecule has 2 rings (SSSR count). The molecule has 0 radical (unpaired) electrons. The fraction of sp³-hybridized carbons (Fsp3) is 0.462. The van der Waals surface area contributed by atoms with Crippen molar-refractivity contribution in [1.29, 1.82) is 0 Å². The Balaban J connectivity index is 2.51. The summed E-state index contributed by atoms with van der Waals surface area (Å²) >= 11 is 0. The van der Waals surface area contributed by atoms with Crippen LogP contribution in [0.2, 0.25) is 0 Å². The van der Waals surface area contributed by atoms with E-state index in [-0.39, 0.29) is 24.1 Å². The number of rotatable bonds is 4. The molecule has 2 N–H and O–H groups in total. The second-order valence-electron chi connectivity index (χ2n) is 4.48. The SMILES string of the molecule is CCC(CC)(CN)N1C(=O)c2cccnc2C1=O. The molecule has 2 heterocycles. The molecule has 2 amide bonds. The van der Waals surface area contributed by atoms with Crippen LogP contribution in [0.4, 0.5) is 0 Å². The van der Waals surface area contributed by atoms with Crippen LogP contribution in [0.1, 0.15) is 47.5 Å². The molecule has 0 atom stereocenters. The van der Waals surface area contributed by atoms with Gasteiger partial charge in [0.25, 0.3) is 11.8 Å². The van der Waals surface area contributed by atoms with Gasteiger partial charge in [0.1, 0.15) is 5.69 Å². The molecule has 1 aliphatic rings. The molecule has 18 heavy (non-hydrogen) atoms. The van der Waals surface area contributed by atoms with E-state index in [1.807, 2.05) is 13.8 Å². The Morgan fingerprint density at radius 2 is 1.94 bits per heavy atom. The van der Waals surface area contributed by atoms with Crippen LogP contribution in [0.3, 0.4) is 0 Å². The van der Waals surface area contributed by atoms with E-state index >= 15 is 0 Å². The van der Waals surface area contributed by atoms with Crippen molar-refractivity contribution >= 4 is 11.8 Å². The van der Waals surface area contributed by atoms with Crippen molar-refractivity contribution in [2.75, 3.05) is 6.54 Å². The van der Waals surface area contributed by atoms with Crippen LogP contribution in [0.5, 0.6) is 0 Å². The Morgan fingerprint density at radius 3 is 2.44 bits per heavy atom. The Kier molecular flexibility index (Phi) is 3.17. The van der Waals surface area contributed by atoms with Gasteiger partial charge in [-0.25, -0.2) is 0 Å². The van der Waals surface area contributed by atoms with Crippen LogP contribution >= 0.6 is 0 Å². The lowest BCUT2D eigenvalue weighted by molar-refractivity contribution is 0.0412. The van der Waals surface area contributed by atoms with Gasteiger partial charge in [-0.3, -0.25) is 19.5 Å². The largest absolute Gasteiger partial charge is 0.328 e. The van der Waals surface area contributed by atoms with Crippen molar-refractivity contribution in [1.82, 2.24) is 9.88 Å². The van der Waals surface area contributed by atoms with Gasteiger partial charge in [0.15, 0.2) is 0 Å². The predicted molar refractivity (Wildman–Crippen MR) is 67.1 cm³/mol. The van der Waals surface area contributed by atoms with Crippen LogP contribution in [-0.2, 0) is 0 Å². The first kappa shape index (κ1) is 12.7. The average Bonchev–Trinajstić information content (AvgIpc) is 2.67. The summed E-state index contributed by atoms with van der Waals surface area (Å²) in [7, 11) is 0. The fourth-order valence-electron chi connectivity index (χ4n) is 2.44. The molecule has 1 aliphatic heterocycles. The Hall–Kier alpha value is -1.75. The molecule has 0 saturated heterocycles. The Morgan fingerprint density at radius 1 is 1.28 bits per heavy atom. The minimum atomic E-state index is -0.602. The monoisotopic (exact) mass is 247 g/mol. The Bertz CT molecular complexity index is 451. The van der Waals surface area contributed by atoms with E-state index < -0.39 is 5.54 Å². The minimum absolute atomic E-state index is 0.238. The molecule has 5 nitrogen and oxygen atoms in total. The number of carbonyl (C=O) groups is 2. The molecule has 1 aromatic rings. The van der Waals surface area contributed by atoms with Crippen molar-refractivity contribution in [3.63, 3.8) is 0 Å². The smallest absolute Gasteiger partial charge is 0.280 e. The lowest BCUT2D eigenvalue weighted by Gasteiger charge is -2.38. The molecule has 96 valence electrons. The standard InChI is InChI=1S/C13H17N3O2/c1-3-13(4-2,8-14)16-11(17)9-6-5-7-15-10(9)12(16)18/h5-7H,3-4,8,14H2,1-2H3. The number of pyridine rings is 1. The molecule has 5 heteroatoms. The number of hydrogen-bond acceptors (Lipinski definition) is 4. The van der Waals surface area contributed by atoms with Crippen LogP contribution < -0.4 is 5.73 Å². The number of nitrogens with zero attached hydrogens (tertiary/aromatic N) is 2. The van der Waals surface area contributed by atoms with Crippen molar-refractivity contribution in [3.05, 3.63) is 29.6 Å². The molecular formula is C13H17N3O2. The summed E-state index contributed by atoms with van der Waals surface area (Å²) in [6.07, 6.45) is 2.81. The zero-order chi connectivity index (χ0) is 13.3. The Labute approximate surface area is 106 Å². The predicted octanol–water partition coefficient (Wildman–Crippen LogP) is 1.20. The third-order valence-corrected chi connectivity index (χ3v) is 3.82. The van der Waals surface area contributed by atoms with Crippen molar-refractivity contribution in [2.24, 2.45) is 5.73 Å². The average molecular weight is 247 g/mol. The van der Waals surface area contributed by atoms with Crippen LogP contribution in [0.25, 0.3) is 0 Å². The van der Waals surface area contributed by atoms with Crippen molar-refractivity contribution < 1.29 is 9.59 Å². The van der Waals surface area contributed by atoms with E-state index in [0.717, 1.165) is 0 Å². The highest BCUT2D eigenvalue weighted by Crippen LogP contribution is 2.31. The number of imide groups is 1. The second kappa shape index (κ2) is 4.49. The van der Waals surface area contributed by atoms with E-state index in [0.29, 0.717) is 18.4 Å². The minimum Gasteiger partial charge on any atom is -0.328 e. The molecular weight excluding hydrogens is 230 g/mol. The number of hydrogen-bond donors (Lipinski definition) is 1.